The molecule has 96 valence electrons. The van der Waals surface area contributed by atoms with Crippen molar-refractivity contribution in [1.82, 2.24) is 9.80 Å². The number of carbonyl (C=O) groups is 1. The molecule has 16 heavy (non-hydrogen) atoms. The standard InChI is InChI=1S/C10H22N2O4/c1-3-11(7-9(13)14)5-6-12(4-2)8-10(15)16/h9,13-14H,3-8H2,1-2H3,(H,15,16). The first-order valence-corrected chi connectivity index (χ1v) is 5.52. The van der Waals surface area contributed by atoms with E-state index < -0.39 is 12.3 Å². The maximum Gasteiger partial charge on any atom is 0.317 e. The summed E-state index contributed by atoms with van der Waals surface area (Å²) in [6, 6.07) is 0. The number of nitrogens with zero attached hydrogens (tertiary/aromatic N) is 2. The second-order valence-electron chi connectivity index (χ2n) is 3.64. The Bertz CT molecular complexity index is 199. The third kappa shape index (κ3) is 7.58. The van der Waals surface area contributed by atoms with Crippen molar-refractivity contribution in [2.75, 3.05) is 39.3 Å². The molecule has 0 radical (unpaired) electrons. The molecular formula is C10H22N2O4. The summed E-state index contributed by atoms with van der Waals surface area (Å²) in [5.74, 6) is -0.841. The Kier molecular flexibility index (Phi) is 8.10. The van der Waals surface area contributed by atoms with E-state index in [-0.39, 0.29) is 13.1 Å². The van der Waals surface area contributed by atoms with E-state index >= 15 is 0 Å². The molecule has 6 heteroatoms. The van der Waals surface area contributed by atoms with E-state index in [4.69, 9.17) is 15.3 Å². The Morgan fingerprint density at radius 1 is 1.12 bits per heavy atom. The molecule has 0 aliphatic heterocycles. The van der Waals surface area contributed by atoms with Crippen LogP contribution in [0.25, 0.3) is 0 Å². The highest BCUT2D eigenvalue weighted by Gasteiger charge is 2.11. The van der Waals surface area contributed by atoms with Crippen molar-refractivity contribution in [3.63, 3.8) is 0 Å². The second-order valence-corrected chi connectivity index (χ2v) is 3.64. The molecular weight excluding hydrogens is 212 g/mol. The molecule has 0 aliphatic carbocycles. The molecule has 0 amide bonds. The summed E-state index contributed by atoms with van der Waals surface area (Å²) >= 11 is 0. The number of aliphatic carboxylic acids is 1. The molecule has 0 saturated heterocycles. The van der Waals surface area contributed by atoms with Gasteiger partial charge in [0.1, 0.15) is 0 Å². The van der Waals surface area contributed by atoms with Crippen LogP contribution in [0.1, 0.15) is 13.8 Å². The van der Waals surface area contributed by atoms with E-state index in [1.165, 1.54) is 0 Å². The summed E-state index contributed by atoms with van der Waals surface area (Å²) in [5, 5.41) is 26.3. The number of hydrogen-bond donors (Lipinski definition) is 3. The van der Waals surface area contributed by atoms with Crippen LogP contribution < -0.4 is 0 Å². The van der Waals surface area contributed by atoms with Gasteiger partial charge in [0, 0.05) is 19.6 Å². The number of carboxylic acid groups (broad SMARTS) is 1. The van der Waals surface area contributed by atoms with Gasteiger partial charge in [-0.3, -0.25) is 14.6 Å². The van der Waals surface area contributed by atoms with Gasteiger partial charge in [0.15, 0.2) is 6.29 Å². The Morgan fingerprint density at radius 2 is 1.62 bits per heavy atom. The van der Waals surface area contributed by atoms with Crippen LogP contribution in [0.2, 0.25) is 0 Å². The minimum absolute atomic E-state index is 0.0235. The van der Waals surface area contributed by atoms with Crippen LogP contribution >= 0.6 is 0 Å². The van der Waals surface area contributed by atoms with Gasteiger partial charge in [0.2, 0.25) is 0 Å². The number of carboxylic acids is 1. The number of rotatable bonds is 9. The summed E-state index contributed by atoms with van der Waals surface area (Å²) in [5.41, 5.74) is 0. The molecule has 0 spiro atoms. The van der Waals surface area contributed by atoms with Crippen molar-refractivity contribution in [1.29, 1.82) is 0 Å². The van der Waals surface area contributed by atoms with Crippen LogP contribution in [-0.2, 0) is 4.79 Å². The number of likely N-dealkylation sites (N-methyl/N-ethyl adjacent to an activating group) is 2. The average molecular weight is 234 g/mol. The summed E-state index contributed by atoms with van der Waals surface area (Å²) in [7, 11) is 0. The Morgan fingerprint density at radius 3 is 2.00 bits per heavy atom. The molecule has 0 bridgehead atoms. The van der Waals surface area contributed by atoms with E-state index in [2.05, 4.69) is 0 Å². The van der Waals surface area contributed by atoms with Crippen LogP contribution in [0, 0.1) is 0 Å². The molecule has 0 rings (SSSR count). The fourth-order valence-corrected chi connectivity index (χ4v) is 1.43. The lowest BCUT2D eigenvalue weighted by Crippen LogP contribution is -2.40. The zero-order chi connectivity index (χ0) is 12.6. The minimum Gasteiger partial charge on any atom is -0.480 e. The highest BCUT2D eigenvalue weighted by atomic mass is 16.5. The predicted molar refractivity (Wildman–Crippen MR) is 60.1 cm³/mol. The quantitative estimate of drug-likeness (QED) is 0.445. The molecule has 0 saturated carbocycles. The van der Waals surface area contributed by atoms with Crippen molar-refractivity contribution < 1.29 is 20.1 Å². The first-order valence-electron chi connectivity index (χ1n) is 5.52. The summed E-state index contributed by atoms with van der Waals surface area (Å²) < 4.78 is 0. The average Bonchev–Trinajstić information content (AvgIpc) is 2.20. The van der Waals surface area contributed by atoms with Gasteiger partial charge < -0.3 is 15.3 Å². The first kappa shape index (κ1) is 15.3. The second kappa shape index (κ2) is 8.46. The minimum atomic E-state index is -1.34. The van der Waals surface area contributed by atoms with Gasteiger partial charge in [-0.25, -0.2) is 0 Å². The van der Waals surface area contributed by atoms with Crippen molar-refractivity contribution in [2.45, 2.75) is 20.1 Å². The van der Waals surface area contributed by atoms with Crippen molar-refractivity contribution in [3.05, 3.63) is 0 Å². The van der Waals surface area contributed by atoms with Gasteiger partial charge in [-0.1, -0.05) is 13.8 Å². The van der Waals surface area contributed by atoms with E-state index in [0.29, 0.717) is 26.2 Å². The SMILES string of the molecule is CCN(CCN(CC)CC(O)O)CC(=O)O. The zero-order valence-corrected chi connectivity index (χ0v) is 9.96. The lowest BCUT2D eigenvalue weighted by atomic mass is 10.4. The largest absolute Gasteiger partial charge is 0.480 e. The lowest BCUT2D eigenvalue weighted by molar-refractivity contribution is -0.138. The van der Waals surface area contributed by atoms with Crippen LogP contribution in [0.3, 0.4) is 0 Å². The summed E-state index contributed by atoms with van der Waals surface area (Å²) in [6.07, 6.45) is -1.34. The van der Waals surface area contributed by atoms with Gasteiger partial charge in [-0.2, -0.15) is 0 Å². The molecule has 3 N–H and O–H groups in total. The van der Waals surface area contributed by atoms with E-state index in [1.807, 2.05) is 18.7 Å². The van der Waals surface area contributed by atoms with E-state index in [0.717, 1.165) is 0 Å². The van der Waals surface area contributed by atoms with Gasteiger partial charge in [0.25, 0.3) is 0 Å². The smallest absolute Gasteiger partial charge is 0.317 e. The van der Waals surface area contributed by atoms with Crippen molar-refractivity contribution >= 4 is 5.97 Å². The molecule has 0 atom stereocenters. The fourth-order valence-electron chi connectivity index (χ4n) is 1.43. The van der Waals surface area contributed by atoms with Gasteiger partial charge in [-0.15, -0.1) is 0 Å². The van der Waals surface area contributed by atoms with Crippen molar-refractivity contribution in [2.24, 2.45) is 0 Å². The number of hydrogen-bond acceptors (Lipinski definition) is 5. The molecule has 0 aromatic heterocycles. The van der Waals surface area contributed by atoms with Crippen molar-refractivity contribution in [3.8, 4) is 0 Å². The lowest BCUT2D eigenvalue weighted by Gasteiger charge is -2.25. The highest BCUT2D eigenvalue weighted by molar-refractivity contribution is 5.69. The van der Waals surface area contributed by atoms with Crippen LogP contribution in [0.5, 0.6) is 0 Å². The van der Waals surface area contributed by atoms with Crippen LogP contribution in [0.4, 0.5) is 0 Å². The van der Waals surface area contributed by atoms with Crippen LogP contribution in [0.15, 0.2) is 0 Å². The third-order valence-corrected chi connectivity index (χ3v) is 2.41. The fraction of sp³-hybridized carbons (Fsp3) is 0.900. The first-order chi connectivity index (χ1) is 7.49. The number of aliphatic hydroxyl groups excluding tert-OH is 1. The molecule has 0 unspecified atom stereocenters. The zero-order valence-electron chi connectivity index (χ0n) is 9.96. The highest BCUT2D eigenvalue weighted by Crippen LogP contribution is 1.94. The third-order valence-electron chi connectivity index (χ3n) is 2.41. The normalized spacial score (nSPS) is 11.7. The Hall–Kier alpha value is -0.690. The molecule has 0 aromatic carbocycles. The molecule has 0 fully saturated rings. The predicted octanol–water partition coefficient (Wildman–Crippen LogP) is -0.974. The Balaban J connectivity index is 3.92. The maximum atomic E-state index is 10.5. The van der Waals surface area contributed by atoms with E-state index in [1.54, 1.807) is 4.90 Å². The van der Waals surface area contributed by atoms with E-state index in [9.17, 15) is 4.79 Å². The van der Waals surface area contributed by atoms with Gasteiger partial charge in [-0.05, 0) is 13.1 Å². The molecule has 0 aromatic rings. The molecule has 0 aliphatic rings. The Labute approximate surface area is 96.1 Å². The summed E-state index contributed by atoms with van der Waals surface area (Å²) in [6.45, 7) is 6.68. The topological polar surface area (TPSA) is 84.2 Å². The molecule has 6 nitrogen and oxygen atoms in total. The summed E-state index contributed by atoms with van der Waals surface area (Å²) in [4.78, 5) is 14.2. The monoisotopic (exact) mass is 234 g/mol. The number of aliphatic hydroxyl groups is 2. The maximum absolute atomic E-state index is 10.5. The van der Waals surface area contributed by atoms with Gasteiger partial charge in [0.05, 0.1) is 6.54 Å². The van der Waals surface area contributed by atoms with Gasteiger partial charge >= 0.3 is 5.97 Å². The molecule has 0 heterocycles. The van der Waals surface area contributed by atoms with Crippen LogP contribution in [-0.4, -0.2) is 76.6 Å².